The number of ether oxygens (including phenoxy) is 2. The first-order chi connectivity index (χ1) is 15.2. The summed E-state index contributed by atoms with van der Waals surface area (Å²) in [6.45, 7) is -1.38. The number of anilines is 1. The van der Waals surface area contributed by atoms with Crippen LogP contribution in [0.15, 0.2) is 12.3 Å². The van der Waals surface area contributed by atoms with E-state index in [1.54, 1.807) is 12.3 Å². The van der Waals surface area contributed by atoms with Crippen molar-refractivity contribution in [3.63, 3.8) is 0 Å². The molecule has 4 rings (SSSR count). The highest BCUT2D eigenvalue weighted by Gasteiger charge is 2.45. The van der Waals surface area contributed by atoms with E-state index in [2.05, 4.69) is 15.4 Å². The van der Waals surface area contributed by atoms with E-state index >= 15 is 0 Å². The van der Waals surface area contributed by atoms with Crippen LogP contribution in [0, 0.1) is 0 Å². The third-order valence-electron chi connectivity index (χ3n) is 5.81. The minimum Gasteiger partial charge on any atom is -0.393 e. The monoisotopic (exact) mass is 492 g/mol. The molecule has 2 aromatic rings. The van der Waals surface area contributed by atoms with E-state index in [9.17, 15) is 24.6 Å². The highest BCUT2D eigenvalue weighted by molar-refractivity contribution is 7.52. The molecule has 1 aliphatic carbocycles. The number of fused-ring (bicyclic) bond motifs is 1. The molecule has 2 unspecified atom stereocenters. The van der Waals surface area contributed by atoms with Crippen LogP contribution in [0.25, 0.3) is 11.0 Å². The van der Waals surface area contributed by atoms with Gasteiger partial charge in [0.25, 0.3) is 0 Å². The lowest BCUT2D eigenvalue weighted by Crippen LogP contribution is -2.35. The third kappa shape index (κ3) is 4.79. The van der Waals surface area contributed by atoms with Crippen molar-refractivity contribution in [1.82, 2.24) is 14.8 Å². The Bertz CT molecular complexity index is 997. The molecule has 178 valence electrons. The number of pyridine rings is 1. The quantitative estimate of drug-likeness (QED) is 0.224. The number of hydrogen-bond donors (Lipinski definition) is 6. The molecule has 0 aromatic carbocycles. The molecule has 1 aliphatic heterocycles. The van der Waals surface area contributed by atoms with E-state index in [1.165, 1.54) is 4.68 Å². The van der Waals surface area contributed by atoms with Gasteiger partial charge in [-0.2, -0.15) is 5.10 Å². The molecule has 5 atom stereocenters. The predicted octanol–water partition coefficient (Wildman–Crippen LogP) is 0.571. The van der Waals surface area contributed by atoms with Gasteiger partial charge in [-0.1, -0.05) is 24.4 Å². The van der Waals surface area contributed by atoms with Crippen molar-refractivity contribution in [2.24, 2.45) is 0 Å². The minimum absolute atomic E-state index is 0.222. The molecule has 1 saturated carbocycles. The van der Waals surface area contributed by atoms with Crippen molar-refractivity contribution in [2.75, 3.05) is 18.5 Å². The topological polar surface area (TPSA) is 179 Å². The van der Waals surface area contributed by atoms with Gasteiger partial charge in [0.2, 0.25) is 0 Å². The van der Waals surface area contributed by atoms with Gasteiger partial charge in [-0.05, 0) is 18.9 Å². The second-order valence-electron chi connectivity index (χ2n) is 8.05. The Morgan fingerprint density at radius 3 is 2.69 bits per heavy atom. The molecule has 2 fully saturated rings. The Balaban J connectivity index is 1.54. The lowest BCUT2D eigenvalue weighted by molar-refractivity contribution is -0.0807. The van der Waals surface area contributed by atoms with Gasteiger partial charge in [0, 0.05) is 6.04 Å². The number of rotatable bonds is 8. The molecule has 12 nitrogen and oxygen atoms in total. The lowest BCUT2D eigenvalue weighted by atomic mass is 10.1. The van der Waals surface area contributed by atoms with E-state index in [0.717, 1.165) is 31.4 Å². The van der Waals surface area contributed by atoms with E-state index in [4.69, 9.17) is 26.2 Å². The number of aliphatic hydroxyl groups is 3. The molecule has 0 spiro atoms. The van der Waals surface area contributed by atoms with Crippen LogP contribution in [0.3, 0.4) is 0 Å². The maximum atomic E-state index is 11.3. The van der Waals surface area contributed by atoms with Crippen LogP contribution in [-0.2, 0) is 14.0 Å². The minimum atomic E-state index is -4.71. The Morgan fingerprint density at radius 2 is 2.03 bits per heavy atom. The lowest BCUT2D eigenvalue weighted by Gasteiger charge is -2.20. The molecule has 6 N–H and O–H groups in total. The van der Waals surface area contributed by atoms with Crippen molar-refractivity contribution in [3.05, 3.63) is 17.4 Å². The Kier molecular flexibility index (Phi) is 7.06. The molecule has 32 heavy (non-hydrogen) atoms. The highest BCUT2D eigenvalue weighted by Crippen LogP contribution is 2.42. The number of nitrogens with one attached hydrogen (secondary N) is 1. The summed E-state index contributed by atoms with van der Waals surface area (Å²) >= 11 is 6.22. The fourth-order valence-corrected chi connectivity index (χ4v) is 4.80. The maximum absolute atomic E-state index is 11.3. The summed E-state index contributed by atoms with van der Waals surface area (Å²) in [5, 5.41) is 38.7. The maximum Gasteiger partial charge on any atom is 0.356 e. The van der Waals surface area contributed by atoms with Crippen LogP contribution in [0.5, 0.6) is 0 Å². The number of aliphatic hydroxyl groups excluding tert-OH is 3. The van der Waals surface area contributed by atoms with Crippen LogP contribution < -0.4 is 5.32 Å². The summed E-state index contributed by atoms with van der Waals surface area (Å²) in [5.41, 5.74) is 1.11. The van der Waals surface area contributed by atoms with Crippen LogP contribution >= 0.6 is 19.2 Å². The van der Waals surface area contributed by atoms with Crippen LogP contribution in [0.4, 0.5) is 5.69 Å². The zero-order chi connectivity index (χ0) is 23.0. The number of halogens is 1. The van der Waals surface area contributed by atoms with E-state index in [0.29, 0.717) is 17.1 Å². The van der Waals surface area contributed by atoms with Crippen molar-refractivity contribution >= 4 is 35.9 Å². The average molecular weight is 493 g/mol. The summed E-state index contributed by atoms with van der Waals surface area (Å²) in [6, 6.07) is 2.04. The average Bonchev–Trinajstić information content (AvgIpc) is 3.44. The molecule has 3 heterocycles. The third-order valence-corrected chi connectivity index (χ3v) is 7.07. The van der Waals surface area contributed by atoms with E-state index in [-0.39, 0.29) is 5.15 Å². The Morgan fingerprint density at radius 1 is 1.31 bits per heavy atom. The molecule has 2 aliphatic rings. The number of hydrogen-bond acceptors (Lipinski definition) is 9. The second-order valence-corrected chi connectivity index (χ2v) is 10.2. The molecular weight excluding hydrogens is 467 g/mol. The van der Waals surface area contributed by atoms with Gasteiger partial charge in [-0.3, -0.25) is 4.57 Å². The summed E-state index contributed by atoms with van der Waals surface area (Å²) in [5.74, 6) is -1.76. The SMILES string of the molecule is O=P(O)(O)C(CO)OC[C@H]1OC(n2ncc3c(NC4CCCC4)cc(Cl)nc32)[C@H](O)[C@@H]1O. The molecule has 0 amide bonds. The molecule has 14 heteroatoms. The van der Waals surface area contributed by atoms with Crippen molar-refractivity contribution < 1.29 is 39.1 Å². The zero-order valence-corrected chi connectivity index (χ0v) is 18.6. The van der Waals surface area contributed by atoms with Gasteiger partial charge < -0.3 is 39.9 Å². The van der Waals surface area contributed by atoms with Crippen molar-refractivity contribution in [1.29, 1.82) is 0 Å². The number of nitrogens with zero attached hydrogens (tertiary/aromatic N) is 3. The zero-order valence-electron chi connectivity index (χ0n) is 17.0. The highest BCUT2D eigenvalue weighted by atomic mass is 35.5. The molecular formula is C18H26ClN4O8P. The standard InChI is InChI=1S/C18H26ClN4O8P/c19-13-5-11(21-9-3-1-2-4-9)10-6-20-23(17(10)22-13)18-16(26)15(25)12(31-18)8-30-14(7-24)32(27,28)29/h5-6,9,12,14-16,18,24-26H,1-4,7-8H2,(H,21,22)(H2,27,28,29)/t12-,14?,15-,16-,18?/m1/s1. The smallest absolute Gasteiger partial charge is 0.356 e. The first-order valence-corrected chi connectivity index (χ1v) is 12.3. The van der Waals surface area contributed by atoms with Crippen LogP contribution in [0.1, 0.15) is 31.9 Å². The van der Waals surface area contributed by atoms with Crippen molar-refractivity contribution in [3.8, 4) is 0 Å². The van der Waals surface area contributed by atoms with Crippen LogP contribution in [-0.4, -0.2) is 83.3 Å². The normalized spacial score (nSPS) is 27.9. The largest absolute Gasteiger partial charge is 0.393 e. The summed E-state index contributed by atoms with van der Waals surface area (Å²) < 4.78 is 23.4. The fraction of sp³-hybridized carbons (Fsp3) is 0.667. The van der Waals surface area contributed by atoms with Crippen LogP contribution in [0.2, 0.25) is 5.15 Å². The summed E-state index contributed by atoms with van der Waals surface area (Å²) in [6.07, 6.45) is 0.885. The molecule has 2 aromatic heterocycles. The number of aromatic nitrogens is 3. The second kappa shape index (κ2) is 9.49. The molecule has 0 bridgehead atoms. The molecule has 1 saturated heterocycles. The molecule has 0 radical (unpaired) electrons. The van der Waals surface area contributed by atoms with Gasteiger partial charge >= 0.3 is 7.60 Å². The Labute approximate surface area is 188 Å². The fourth-order valence-electron chi connectivity index (χ4n) is 4.11. The van der Waals surface area contributed by atoms with Crippen molar-refractivity contribution in [2.45, 2.75) is 62.1 Å². The van der Waals surface area contributed by atoms with Gasteiger partial charge in [-0.25, -0.2) is 9.67 Å². The van der Waals surface area contributed by atoms with Gasteiger partial charge in [0.1, 0.15) is 23.5 Å². The summed E-state index contributed by atoms with van der Waals surface area (Å²) in [7, 11) is -4.71. The van der Waals surface area contributed by atoms with E-state index < -0.39 is 51.2 Å². The van der Waals surface area contributed by atoms with Gasteiger partial charge in [-0.15, -0.1) is 0 Å². The first kappa shape index (κ1) is 23.8. The van der Waals surface area contributed by atoms with Gasteiger partial charge in [0.15, 0.2) is 17.7 Å². The van der Waals surface area contributed by atoms with E-state index in [1.807, 2.05) is 0 Å². The summed E-state index contributed by atoms with van der Waals surface area (Å²) in [4.78, 5) is 22.7. The predicted molar refractivity (Wildman–Crippen MR) is 113 cm³/mol. The van der Waals surface area contributed by atoms with Gasteiger partial charge in [0.05, 0.1) is 30.5 Å². The first-order valence-electron chi connectivity index (χ1n) is 10.3. The Hall–Kier alpha value is -1.34.